The van der Waals surface area contributed by atoms with E-state index in [9.17, 15) is 9.59 Å². The summed E-state index contributed by atoms with van der Waals surface area (Å²) >= 11 is 0. The average molecular weight is 359 g/mol. The summed E-state index contributed by atoms with van der Waals surface area (Å²) in [6, 6.07) is 7.89. The number of nitrogens with one attached hydrogen (secondary N) is 1. The van der Waals surface area contributed by atoms with Crippen LogP contribution in [0.2, 0.25) is 0 Å². The second-order valence-electron chi connectivity index (χ2n) is 7.48. The van der Waals surface area contributed by atoms with Crippen LogP contribution in [-0.2, 0) is 16.0 Å². The molecule has 1 aromatic rings. The van der Waals surface area contributed by atoms with Gasteiger partial charge in [0, 0.05) is 26.7 Å². The van der Waals surface area contributed by atoms with Crippen LogP contribution >= 0.6 is 0 Å². The molecule has 7 nitrogen and oxygen atoms in total. The molecule has 0 bridgehead atoms. The molecule has 0 aromatic heterocycles. The fraction of sp³-hybridized carbons (Fsp3) is 0.579. The number of hydrogen-bond donors (Lipinski definition) is 1. The summed E-state index contributed by atoms with van der Waals surface area (Å²) in [7, 11) is 1.81. The minimum Gasteiger partial charge on any atom is -0.491 e. The van der Waals surface area contributed by atoms with Crippen molar-refractivity contribution in [2.45, 2.75) is 30.9 Å². The van der Waals surface area contributed by atoms with E-state index >= 15 is 0 Å². The minimum absolute atomic E-state index is 0.0111. The number of carbonyl (C=O) groups excluding carboxylic acids is 2. The molecule has 0 radical (unpaired) electrons. The number of ether oxygens (including phenoxy) is 2. The molecule has 3 heterocycles. The van der Waals surface area contributed by atoms with Gasteiger partial charge in [-0.05, 0) is 30.9 Å². The number of morpholine rings is 1. The van der Waals surface area contributed by atoms with Gasteiger partial charge in [-0.3, -0.25) is 4.79 Å². The van der Waals surface area contributed by atoms with Crippen molar-refractivity contribution in [1.29, 1.82) is 0 Å². The lowest BCUT2D eigenvalue weighted by atomic mass is 9.89. The van der Waals surface area contributed by atoms with Crippen molar-refractivity contribution in [1.82, 2.24) is 15.1 Å². The van der Waals surface area contributed by atoms with Crippen LogP contribution < -0.4 is 10.1 Å². The molecular formula is C19H25N3O4. The van der Waals surface area contributed by atoms with Crippen molar-refractivity contribution in [3.63, 3.8) is 0 Å². The smallest absolute Gasteiger partial charge is 0.317 e. The molecule has 2 fully saturated rings. The lowest BCUT2D eigenvalue weighted by molar-refractivity contribution is -0.167. The van der Waals surface area contributed by atoms with Crippen LogP contribution in [-0.4, -0.2) is 73.3 Å². The Morgan fingerprint density at radius 3 is 2.81 bits per heavy atom. The van der Waals surface area contributed by atoms with Crippen molar-refractivity contribution in [3.8, 4) is 5.75 Å². The molecule has 7 heteroatoms. The highest BCUT2D eigenvalue weighted by molar-refractivity contribution is 5.78. The maximum Gasteiger partial charge on any atom is 0.317 e. The molecule has 140 valence electrons. The number of para-hydroxylation sites is 1. The molecule has 0 saturated carbocycles. The number of amides is 3. The first kappa shape index (κ1) is 17.1. The van der Waals surface area contributed by atoms with E-state index < -0.39 is 0 Å². The average Bonchev–Trinajstić information content (AvgIpc) is 2.65. The van der Waals surface area contributed by atoms with E-state index in [1.807, 2.05) is 36.2 Å². The molecular weight excluding hydrogens is 334 g/mol. The summed E-state index contributed by atoms with van der Waals surface area (Å²) < 4.78 is 11.6. The van der Waals surface area contributed by atoms with E-state index in [2.05, 4.69) is 5.32 Å². The van der Waals surface area contributed by atoms with Crippen LogP contribution in [0.5, 0.6) is 5.75 Å². The third-order valence-electron chi connectivity index (χ3n) is 5.62. The van der Waals surface area contributed by atoms with E-state index in [4.69, 9.17) is 9.47 Å². The molecule has 1 N–H and O–H groups in total. The van der Waals surface area contributed by atoms with Gasteiger partial charge in [0.25, 0.3) is 0 Å². The number of likely N-dealkylation sites (N-methyl/N-ethyl adjacent to an activating group) is 1. The maximum absolute atomic E-state index is 12.6. The fourth-order valence-electron chi connectivity index (χ4n) is 4.00. The highest BCUT2D eigenvalue weighted by atomic mass is 16.5. The number of piperidine rings is 1. The first-order valence-corrected chi connectivity index (χ1v) is 9.19. The molecule has 0 unspecified atom stereocenters. The SMILES string of the molecule is CN1CC2(CCN(C(=O)N[C@H]3COc4ccccc4C3)CC2)OCC1=O. The lowest BCUT2D eigenvalue weighted by Gasteiger charge is -2.46. The summed E-state index contributed by atoms with van der Waals surface area (Å²) in [6.45, 7) is 2.52. The standard InChI is InChI=1S/C19H25N3O4/c1-21-13-19(26-12-17(21)23)6-8-22(9-7-19)18(24)20-15-10-14-4-2-3-5-16(14)25-11-15/h2-5,15H,6-13H2,1H3,(H,20,24)/t15-/m1/s1. The first-order chi connectivity index (χ1) is 12.5. The van der Waals surface area contributed by atoms with Crippen LogP contribution in [0, 0.1) is 0 Å². The third kappa shape index (κ3) is 3.35. The number of rotatable bonds is 1. The largest absolute Gasteiger partial charge is 0.491 e. The summed E-state index contributed by atoms with van der Waals surface area (Å²) in [5, 5.41) is 3.09. The molecule has 1 spiro atoms. The van der Waals surface area contributed by atoms with Crippen molar-refractivity contribution in [3.05, 3.63) is 29.8 Å². The molecule has 26 heavy (non-hydrogen) atoms. The Morgan fingerprint density at radius 2 is 2.04 bits per heavy atom. The Balaban J connectivity index is 1.30. The zero-order chi connectivity index (χ0) is 18.1. The van der Waals surface area contributed by atoms with E-state index in [0.717, 1.165) is 30.6 Å². The topological polar surface area (TPSA) is 71.1 Å². The molecule has 3 amide bonds. The molecule has 0 aliphatic carbocycles. The summed E-state index contributed by atoms with van der Waals surface area (Å²) in [4.78, 5) is 27.8. The second kappa shape index (κ2) is 6.79. The van der Waals surface area contributed by atoms with Crippen molar-refractivity contribution in [2.75, 3.05) is 39.9 Å². The molecule has 2 saturated heterocycles. The van der Waals surface area contributed by atoms with Gasteiger partial charge in [0.2, 0.25) is 5.91 Å². The van der Waals surface area contributed by atoms with Gasteiger partial charge in [-0.15, -0.1) is 0 Å². The number of hydrogen-bond acceptors (Lipinski definition) is 4. The Bertz CT molecular complexity index is 700. The zero-order valence-corrected chi connectivity index (χ0v) is 15.1. The zero-order valence-electron chi connectivity index (χ0n) is 15.1. The quantitative estimate of drug-likeness (QED) is 0.813. The number of urea groups is 1. The molecule has 1 atom stereocenters. The van der Waals surface area contributed by atoms with Crippen LogP contribution in [0.25, 0.3) is 0 Å². The predicted molar refractivity (Wildman–Crippen MR) is 95.1 cm³/mol. The first-order valence-electron chi connectivity index (χ1n) is 9.19. The number of carbonyl (C=O) groups is 2. The monoisotopic (exact) mass is 359 g/mol. The van der Waals surface area contributed by atoms with Gasteiger partial charge in [0.1, 0.15) is 19.0 Å². The van der Waals surface area contributed by atoms with Gasteiger partial charge >= 0.3 is 6.03 Å². The van der Waals surface area contributed by atoms with E-state index in [-0.39, 0.29) is 30.2 Å². The van der Waals surface area contributed by atoms with Gasteiger partial charge in [-0.25, -0.2) is 4.79 Å². The lowest BCUT2D eigenvalue weighted by Crippen LogP contribution is -2.59. The van der Waals surface area contributed by atoms with Gasteiger partial charge in [-0.2, -0.15) is 0 Å². The summed E-state index contributed by atoms with van der Waals surface area (Å²) in [5.41, 5.74) is 0.830. The Kier molecular flexibility index (Phi) is 4.48. The van der Waals surface area contributed by atoms with Gasteiger partial charge in [0.15, 0.2) is 0 Å². The van der Waals surface area contributed by atoms with Crippen LogP contribution in [0.3, 0.4) is 0 Å². The Hall–Kier alpha value is -2.28. The third-order valence-corrected chi connectivity index (χ3v) is 5.62. The maximum atomic E-state index is 12.6. The molecule has 4 rings (SSSR count). The van der Waals surface area contributed by atoms with Gasteiger partial charge in [0.05, 0.1) is 11.6 Å². The minimum atomic E-state index is -0.299. The van der Waals surface area contributed by atoms with E-state index in [1.165, 1.54) is 0 Å². The summed E-state index contributed by atoms with van der Waals surface area (Å²) in [6.07, 6.45) is 2.29. The van der Waals surface area contributed by atoms with Crippen LogP contribution in [0.4, 0.5) is 4.79 Å². The van der Waals surface area contributed by atoms with Crippen molar-refractivity contribution < 1.29 is 19.1 Å². The molecule has 3 aliphatic rings. The van der Waals surface area contributed by atoms with E-state index in [0.29, 0.717) is 26.2 Å². The summed E-state index contributed by atoms with van der Waals surface area (Å²) in [5.74, 6) is 0.930. The molecule has 3 aliphatic heterocycles. The van der Waals surface area contributed by atoms with E-state index in [1.54, 1.807) is 4.90 Å². The Labute approximate surface area is 153 Å². The normalized spacial score (nSPS) is 24.8. The number of fused-ring (bicyclic) bond motifs is 1. The van der Waals surface area contributed by atoms with Crippen molar-refractivity contribution >= 4 is 11.9 Å². The van der Waals surface area contributed by atoms with Crippen LogP contribution in [0.1, 0.15) is 18.4 Å². The van der Waals surface area contributed by atoms with Crippen molar-refractivity contribution in [2.24, 2.45) is 0 Å². The number of benzene rings is 1. The molecule has 1 aromatic carbocycles. The van der Waals surface area contributed by atoms with Gasteiger partial charge in [-0.1, -0.05) is 18.2 Å². The second-order valence-corrected chi connectivity index (χ2v) is 7.48. The van der Waals surface area contributed by atoms with Gasteiger partial charge < -0.3 is 24.6 Å². The highest BCUT2D eigenvalue weighted by Crippen LogP contribution is 2.30. The Morgan fingerprint density at radius 1 is 1.27 bits per heavy atom. The highest BCUT2D eigenvalue weighted by Gasteiger charge is 2.42. The number of likely N-dealkylation sites (tertiary alicyclic amines) is 1. The fourth-order valence-corrected chi connectivity index (χ4v) is 4.00. The van der Waals surface area contributed by atoms with Crippen LogP contribution in [0.15, 0.2) is 24.3 Å². The number of nitrogens with zero attached hydrogens (tertiary/aromatic N) is 2. The predicted octanol–water partition coefficient (Wildman–Crippen LogP) is 1.02.